The average molecular weight is 183 g/mol. The minimum absolute atomic E-state index is 0.840. The Morgan fingerprint density at radius 3 is 2.12 bits per heavy atom. The maximum Gasteiger partial charge on any atom is 0.319 e. The SMILES string of the molecule is C[C@H](O)[C@@H](Br)C(=O)O. The summed E-state index contributed by atoms with van der Waals surface area (Å²) in [5, 5.41) is 16.7. The number of aliphatic hydroxyl groups is 1. The standard InChI is InChI=1S/C4H7BrO3/c1-2(6)3(5)4(7)8/h2-3,6H,1H3,(H,7,8)/t2-,3+/m0/s1. The van der Waals surface area contributed by atoms with Crippen molar-refractivity contribution in [2.24, 2.45) is 0 Å². The molecule has 3 nitrogen and oxygen atoms in total. The van der Waals surface area contributed by atoms with Gasteiger partial charge in [0, 0.05) is 0 Å². The van der Waals surface area contributed by atoms with Crippen molar-refractivity contribution >= 4 is 21.9 Å². The second-order valence-corrected chi connectivity index (χ2v) is 2.47. The van der Waals surface area contributed by atoms with Gasteiger partial charge in [-0.15, -0.1) is 0 Å². The highest BCUT2D eigenvalue weighted by Crippen LogP contribution is 2.03. The largest absolute Gasteiger partial charge is 0.480 e. The van der Waals surface area contributed by atoms with Crippen molar-refractivity contribution in [1.82, 2.24) is 0 Å². The lowest BCUT2D eigenvalue weighted by atomic mass is 10.3. The first-order valence-corrected chi connectivity index (χ1v) is 3.02. The van der Waals surface area contributed by atoms with Gasteiger partial charge in [-0.1, -0.05) is 15.9 Å². The monoisotopic (exact) mass is 182 g/mol. The molecule has 0 saturated heterocycles. The fourth-order valence-electron chi connectivity index (χ4n) is 0.206. The van der Waals surface area contributed by atoms with Crippen molar-refractivity contribution in [3.05, 3.63) is 0 Å². The number of carboxylic acid groups (broad SMARTS) is 1. The first-order chi connectivity index (χ1) is 3.55. The maximum atomic E-state index is 9.93. The number of aliphatic carboxylic acids is 1. The number of rotatable bonds is 2. The van der Waals surface area contributed by atoms with Gasteiger partial charge < -0.3 is 10.2 Å². The third-order valence-corrected chi connectivity index (χ3v) is 1.82. The number of aliphatic hydroxyl groups excluding tert-OH is 1. The molecule has 0 radical (unpaired) electrons. The lowest BCUT2D eigenvalue weighted by molar-refractivity contribution is -0.137. The molecule has 0 spiro atoms. The number of carbonyl (C=O) groups is 1. The summed E-state index contributed by atoms with van der Waals surface area (Å²) in [4.78, 5) is 9.09. The number of hydrogen-bond acceptors (Lipinski definition) is 2. The van der Waals surface area contributed by atoms with Gasteiger partial charge in [0.05, 0.1) is 6.10 Å². The molecule has 0 aliphatic heterocycles. The normalized spacial score (nSPS) is 17.4. The molecule has 0 aliphatic rings. The molecule has 2 atom stereocenters. The summed E-state index contributed by atoms with van der Waals surface area (Å²) < 4.78 is 0. The van der Waals surface area contributed by atoms with Gasteiger partial charge in [0.25, 0.3) is 0 Å². The molecule has 0 saturated carbocycles. The minimum atomic E-state index is -1.04. The summed E-state index contributed by atoms with van der Waals surface area (Å²) in [6.07, 6.45) is -0.840. The third-order valence-electron chi connectivity index (χ3n) is 0.659. The molecule has 4 heteroatoms. The Bertz CT molecular complexity index is 91.3. The molecule has 0 aromatic rings. The van der Waals surface area contributed by atoms with Gasteiger partial charge in [0.1, 0.15) is 4.83 Å². The Morgan fingerprint density at radius 2 is 2.12 bits per heavy atom. The van der Waals surface area contributed by atoms with E-state index in [-0.39, 0.29) is 0 Å². The smallest absolute Gasteiger partial charge is 0.319 e. The van der Waals surface area contributed by atoms with E-state index in [0.717, 1.165) is 0 Å². The molecule has 0 rings (SSSR count). The van der Waals surface area contributed by atoms with E-state index in [2.05, 4.69) is 15.9 Å². The van der Waals surface area contributed by atoms with Crippen LogP contribution in [-0.4, -0.2) is 27.1 Å². The van der Waals surface area contributed by atoms with Gasteiger partial charge >= 0.3 is 5.97 Å². The van der Waals surface area contributed by atoms with Crippen LogP contribution in [0.4, 0.5) is 0 Å². The minimum Gasteiger partial charge on any atom is -0.480 e. The van der Waals surface area contributed by atoms with E-state index in [0.29, 0.717) is 0 Å². The molecule has 0 fully saturated rings. The molecule has 0 aliphatic carbocycles. The summed E-state index contributed by atoms with van der Waals surface area (Å²) >= 11 is 2.76. The van der Waals surface area contributed by atoms with Gasteiger partial charge in [0.2, 0.25) is 0 Å². The predicted octanol–water partition coefficient (Wildman–Crippen LogP) is 0.215. The highest BCUT2D eigenvalue weighted by Gasteiger charge is 2.17. The molecule has 0 bridgehead atoms. The van der Waals surface area contributed by atoms with Crippen LogP contribution in [0.5, 0.6) is 0 Å². The second kappa shape index (κ2) is 3.04. The lowest BCUT2D eigenvalue weighted by Gasteiger charge is -2.04. The molecule has 0 heterocycles. The first kappa shape index (κ1) is 7.91. The summed E-state index contributed by atoms with van der Waals surface area (Å²) in [6, 6.07) is 0. The predicted molar refractivity (Wildman–Crippen MR) is 32.0 cm³/mol. The molecule has 0 amide bonds. The van der Waals surface area contributed by atoms with Gasteiger partial charge in [-0.25, -0.2) is 0 Å². The van der Waals surface area contributed by atoms with Crippen LogP contribution in [-0.2, 0) is 4.79 Å². The molecule has 48 valence electrons. The Morgan fingerprint density at radius 1 is 1.75 bits per heavy atom. The number of halogens is 1. The van der Waals surface area contributed by atoms with E-state index in [1.165, 1.54) is 6.92 Å². The summed E-state index contributed by atoms with van der Waals surface area (Å²) in [6.45, 7) is 1.41. The third kappa shape index (κ3) is 2.28. The van der Waals surface area contributed by atoms with E-state index < -0.39 is 16.9 Å². The molecular weight excluding hydrogens is 176 g/mol. The Balaban J connectivity index is 3.64. The summed E-state index contributed by atoms with van der Waals surface area (Å²) in [5.74, 6) is -1.04. The van der Waals surface area contributed by atoms with Crippen molar-refractivity contribution < 1.29 is 15.0 Å². The van der Waals surface area contributed by atoms with Crippen LogP contribution >= 0.6 is 15.9 Å². The number of alkyl halides is 1. The molecule has 2 N–H and O–H groups in total. The Kier molecular flexibility index (Phi) is 3.01. The van der Waals surface area contributed by atoms with Crippen molar-refractivity contribution in [3.63, 3.8) is 0 Å². The van der Waals surface area contributed by atoms with E-state index in [4.69, 9.17) is 10.2 Å². The van der Waals surface area contributed by atoms with Crippen LogP contribution in [0, 0.1) is 0 Å². The highest BCUT2D eigenvalue weighted by molar-refractivity contribution is 9.10. The first-order valence-electron chi connectivity index (χ1n) is 2.10. The van der Waals surface area contributed by atoms with Gasteiger partial charge in [0.15, 0.2) is 0 Å². The van der Waals surface area contributed by atoms with Crippen molar-refractivity contribution in [1.29, 1.82) is 0 Å². The zero-order chi connectivity index (χ0) is 6.73. The van der Waals surface area contributed by atoms with Crippen LogP contribution in [0.2, 0.25) is 0 Å². The molecule has 0 aromatic heterocycles. The quantitative estimate of drug-likeness (QED) is 0.601. The zero-order valence-corrected chi connectivity index (χ0v) is 5.92. The second-order valence-electron chi connectivity index (χ2n) is 1.48. The molecule has 0 unspecified atom stereocenters. The number of carboxylic acids is 1. The van der Waals surface area contributed by atoms with Crippen LogP contribution < -0.4 is 0 Å². The molecule has 8 heavy (non-hydrogen) atoms. The summed E-state index contributed by atoms with van der Waals surface area (Å²) in [5.41, 5.74) is 0. The lowest BCUT2D eigenvalue weighted by Crippen LogP contribution is -2.25. The van der Waals surface area contributed by atoms with E-state index >= 15 is 0 Å². The highest BCUT2D eigenvalue weighted by atomic mass is 79.9. The molecular formula is C4H7BrO3. The van der Waals surface area contributed by atoms with Crippen molar-refractivity contribution in [2.75, 3.05) is 0 Å². The fourth-order valence-corrected chi connectivity index (χ4v) is 0.206. The average Bonchev–Trinajstić information content (AvgIpc) is 1.64. The van der Waals surface area contributed by atoms with Crippen LogP contribution in [0.25, 0.3) is 0 Å². The Labute approximate surface area is 55.5 Å². The van der Waals surface area contributed by atoms with Crippen molar-refractivity contribution in [2.45, 2.75) is 17.9 Å². The van der Waals surface area contributed by atoms with Gasteiger partial charge in [-0.05, 0) is 6.92 Å². The van der Waals surface area contributed by atoms with Crippen LogP contribution in [0.1, 0.15) is 6.92 Å². The van der Waals surface area contributed by atoms with E-state index in [9.17, 15) is 4.79 Å². The van der Waals surface area contributed by atoms with Crippen LogP contribution in [0.15, 0.2) is 0 Å². The van der Waals surface area contributed by atoms with E-state index in [1.54, 1.807) is 0 Å². The van der Waals surface area contributed by atoms with Gasteiger partial charge in [-0.2, -0.15) is 0 Å². The maximum absolute atomic E-state index is 9.93. The number of hydrogen-bond donors (Lipinski definition) is 2. The van der Waals surface area contributed by atoms with E-state index in [1.807, 2.05) is 0 Å². The zero-order valence-electron chi connectivity index (χ0n) is 4.34. The Hall–Kier alpha value is -0.0900. The fraction of sp³-hybridized carbons (Fsp3) is 0.750. The molecule has 0 aromatic carbocycles. The van der Waals surface area contributed by atoms with Crippen LogP contribution in [0.3, 0.4) is 0 Å². The van der Waals surface area contributed by atoms with Gasteiger partial charge in [-0.3, -0.25) is 4.79 Å². The van der Waals surface area contributed by atoms with Crippen molar-refractivity contribution in [3.8, 4) is 0 Å². The summed E-state index contributed by atoms with van der Waals surface area (Å²) in [7, 11) is 0. The topological polar surface area (TPSA) is 57.5 Å².